The summed E-state index contributed by atoms with van der Waals surface area (Å²) in [5.41, 5.74) is 7.95. The highest BCUT2D eigenvalue weighted by molar-refractivity contribution is 5.98. The number of likely N-dealkylation sites (tertiary alicyclic amines) is 1. The maximum Gasteiger partial charge on any atom is 0.253 e. The van der Waals surface area contributed by atoms with Crippen LogP contribution in [-0.2, 0) is 11.8 Å². The van der Waals surface area contributed by atoms with Crippen molar-refractivity contribution < 1.29 is 9.59 Å². The first-order valence-corrected chi connectivity index (χ1v) is 8.45. The van der Waals surface area contributed by atoms with Crippen molar-refractivity contribution in [3.8, 4) is 0 Å². The second kappa shape index (κ2) is 6.25. The number of aryl methyl sites for hydroxylation is 1. The largest absolute Gasteiger partial charge is 0.369 e. The summed E-state index contributed by atoms with van der Waals surface area (Å²) >= 11 is 0. The maximum atomic E-state index is 13.0. The molecule has 1 aromatic carbocycles. The lowest BCUT2D eigenvalue weighted by molar-refractivity contribution is -0.121. The van der Waals surface area contributed by atoms with Gasteiger partial charge in [0, 0.05) is 49.4 Å². The first-order valence-electron chi connectivity index (χ1n) is 8.45. The van der Waals surface area contributed by atoms with Gasteiger partial charge in [-0.15, -0.1) is 0 Å². The Morgan fingerprint density at radius 3 is 2.81 bits per heavy atom. The lowest BCUT2D eigenvalue weighted by Gasteiger charge is -2.16. The van der Waals surface area contributed by atoms with E-state index in [1.54, 1.807) is 28.0 Å². The molecular formula is C19H19N5O2. The molecule has 2 amide bonds. The fourth-order valence-corrected chi connectivity index (χ4v) is 3.62. The highest BCUT2D eigenvalue weighted by Crippen LogP contribution is 2.33. The van der Waals surface area contributed by atoms with Gasteiger partial charge in [-0.25, -0.2) is 0 Å². The Kier molecular flexibility index (Phi) is 3.91. The number of hydrogen-bond donors (Lipinski definition) is 1. The number of nitrogens with zero attached hydrogens (tertiary/aromatic N) is 4. The van der Waals surface area contributed by atoms with Crippen molar-refractivity contribution >= 4 is 22.7 Å². The van der Waals surface area contributed by atoms with Gasteiger partial charge in [-0.3, -0.25) is 19.3 Å². The number of nitrogens with two attached hydrogens (primary N) is 1. The quantitative estimate of drug-likeness (QED) is 0.771. The number of primary amides is 1. The Bertz CT molecular complexity index is 996. The van der Waals surface area contributed by atoms with Gasteiger partial charge in [-0.05, 0) is 29.8 Å². The smallest absolute Gasteiger partial charge is 0.253 e. The van der Waals surface area contributed by atoms with Crippen LogP contribution in [0.5, 0.6) is 0 Å². The number of carbonyl (C=O) groups excluding carboxylic acids is 2. The van der Waals surface area contributed by atoms with E-state index in [0.717, 1.165) is 16.5 Å². The second-order valence-electron chi connectivity index (χ2n) is 6.68. The third-order valence-electron chi connectivity index (χ3n) is 4.98. The lowest BCUT2D eigenvalue weighted by Crippen LogP contribution is -2.32. The normalized spacial score (nSPS) is 19.8. The summed E-state index contributed by atoms with van der Waals surface area (Å²) in [7, 11) is 1.82. The zero-order chi connectivity index (χ0) is 18.3. The molecule has 1 fully saturated rings. The second-order valence-corrected chi connectivity index (χ2v) is 6.68. The van der Waals surface area contributed by atoms with E-state index in [9.17, 15) is 9.59 Å². The molecule has 1 aliphatic heterocycles. The number of benzene rings is 1. The first kappa shape index (κ1) is 16.3. The molecule has 1 saturated heterocycles. The van der Waals surface area contributed by atoms with E-state index < -0.39 is 11.8 Å². The molecule has 132 valence electrons. The van der Waals surface area contributed by atoms with Gasteiger partial charge < -0.3 is 10.6 Å². The molecule has 1 aliphatic rings. The van der Waals surface area contributed by atoms with Crippen LogP contribution in [-0.4, -0.2) is 44.6 Å². The van der Waals surface area contributed by atoms with Crippen LogP contribution >= 0.6 is 0 Å². The van der Waals surface area contributed by atoms with Gasteiger partial charge in [0.25, 0.3) is 5.91 Å². The number of pyridine rings is 1. The fourth-order valence-electron chi connectivity index (χ4n) is 3.62. The van der Waals surface area contributed by atoms with Gasteiger partial charge in [-0.2, -0.15) is 5.10 Å². The highest BCUT2D eigenvalue weighted by atomic mass is 16.2. The third-order valence-corrected chi connectivity index (χ3v) is 4.98. The summed E-state index contributed by atoms with van der Waals surface area (Å²) in [5.74, 6) is -1.04. The fraction of sp³-hybridized carbons (Fsp3) is 0.263. The molecule has 0 unspecified atom stereocenters. The Balaban J connectivity index is 1.62. The molecule has 0 saturated carbocycles. The van der Waals surface area contributed by atoms with E-state index in [-0.39, 0.29) is 11.8 Å². The first-order chi connectivity index (χ1) is 12.5. The third kappa shape index (κ3) is 2.81. The Hall–Kier alpha value is -3.22. The van der Waals surface area contributed by atoms with Crippen molar-refractivity contribution in [3.05, 3.63) is 60.0 Å². The highest BCUT2D eigenvalue weighted by Gasteiger charge is 2.40. The van der Waals surface area contributed by atoms with Gasteiger partial charge in [-0.1, -0.05) is 6.07 Å². The summed E-state index contributed by atoms with van der Waals surface area (Å²) in [6.07, 6.45) is 5.33. The van der Waals surface area contributed by atoms with Crippen molar-refractivity contribution in [3.63, 3.8) is 0 Å². The number of aromatic nitrogens is 3. The molecule has 3 heterocycles. The summed E-state index contributed by atoms with van der Waals surface area (Å²) in [6, 6.07) is 9.21. The molecule has 2 N–H and O–H groups in total. The standard InChI is InChI=1S/C19H19N5O2/c1-23-9-14(8-22-23)15-10-24(11-16(15)18(20)25)19(26)13-4-5-17-12(7-13)3-2-6-21-17/h2-9,15-16H,10-11H2,1H3,(H2,20,25)/t15-,16+/m1/s1. The lowest BCUT2D eigenvalue weighted by atomic mass is 9.90. The topological polar surface area (TPSA) is 94.1 Å². The molecular weight excluding hydrogens is 330 g/mol. The molecule has 0 bridgehead atoms. The molecule has 2 aromatic heterocycles. The minimum atomic E-state index is -0.412. The zero-order valence-electron chi connectivity index (χ0n) is 14.4. The molecule has 26 heavy (non-hydrogen) atoms. The monoisotopic (exact) mass is 349 g/mol. The maximum absolute atomic E-state index is 13.0. The predicted octanol–water partition coefficient (Wildman–Crippen LogP) is 1.31. The molecule has 4 rings (SSSR count). The van der Waals surface area contributed by atoms with Gasteiger partial charge in [0.1, 0.15) is 0 Å². The molecule has 0 radical (unpaired) electrons. The van der Waals surface area contributed by atoms with Crippen LogP contribution < -0.4 is 5.73 Å². The van der Waals surface area contributed by atoms with Gasteiger partial charge in [0.05, 0.1) is 17.6 Å². The molecule has 0 spiro atoms. The average molecular weight is 349 g/mol. The SMILES string of the molecule is Cn1cc([C@H]2CN(C(=O)c3ccc4ncccc4c3)C[C@@H]2C(N)=O)cn1. The van der Waals surface area contributed by atoms with Gasteiger partial charge in [0.15, 0.2) is 0 Å². The number of fused-ring (bicyclic) bond motifs is 1. The summed E-state index contributed by atoms with van der Waals surface area (Å²) in [6.45, 7) is 0.766. The van der Waals surface area contributed by atoms with E-state index in [4.69, 9.17) is 5.73 Å². The van der Waals surface area contributed by atoms with Gasteiger partial charge >= 0.3 is 0 Å². The Labute approximate surface area is 150 Å². The molecule has 7 heteroatoms. The number of amides is 2. The van der Waals surface area contributed by atoms with E-state index in [2.05, 4.69) is 10.1 Å². The molecule has 7 nitrogen and oxygen atoms in total. The Morgan fingerprint density at radius 2 is 2.08 bits per heavy atom. The van der Waals surface area contributed by atoms with Crippen molar-refractivity contribution in [1.82, 2.24) is 19.7 Å². The number of carbonyl (C=O) groups is 2. The average Bonchev–Trinajstić information content (AvgIpc) is 3.27. The van der Waals surface area contributed by atoms with Crippen LogP contribution in [0.4, 0.5) is 0 Å². The minimum absolute atomic E-state index is 0.103. The molecule has 0 aliphatic carbocycles. The minimum Gasteiger partial charge on any atom is -0.369 e. The van der Waals surface area contributed by atoms with Crippen LogP contribution in [0.15, 0.2) is 48.9 Å². The van der Waals surface area contributed by atoms with Gasteiger partial charge in [0.2, 0.25) is 5.91 Å². The van der Waals surface area contributed by atoms with Crippen LogP contribution in [0, 0.1) is 5.92 Å². The summed E-state index contributed by atoms with van der Waals surface area (Å²) in [4.78, 5) is 30.9. The van der Waals surface area contributed by atoms with E-state index in [0.29, 0.717) is 18.7 Å². The van der Waals surface area contributed by atoms with E-state index in [1.807, 2.05) is 37.5 Å². The molecule has 2 atom stereocenters. The Morgan fingerprint density at radius 1 is 1.23 bits per heavy atom. The summed E-state index contributed by atoms with van der Waals surface area (Å²) < 4.78 is 1.69. The van der Waals surface area contributed by atoms with Crippen molar-refractivity contribution in [2.75, 3.05) is 13.1 Å². The van der Waals surface area contributed by atoms with Crippen LogP contribution in [0.3, 0.4) is 0 Å². The number of hydrogen-bond acceptors (Lipinski definition) is 4. The van der Waals surface area contributed by atoms with Crippen LogP contribution in [0.2, 0.25) is 0 Å². The van der Waals surface area contributed by atoms with Crippen molar-refractivity contribution in [2.45, 2.75) is 5.92 Å². The van der Waals surface area contributed by atoms with E-state index >= 15 is 0 Å². The van der Waals surface area contributed by atoms with Crippen LogP contribution in [0.1, 0.15) is 21.8 Å². The predicted molar refractivity (Wildman–Crippen MR) is 96.3 cm³/mol. The van der Waals surface area contributed by atoms with Crippen LogP contribution in [0.25, 0.3) is 10.9 Å². The van der Waals surface area contributed by atoms with E-state index in [1.165, 1.54) is 0 Å². The molecule has 3 aromatic rings. The van der Waals surface area contributed by atoms with Crippen molar-refractivity contribution in [1.29, 1.82) is 0 Å². The summed E-state index contributed by atoms with van der Waals surface area (Å²) in [5, 5.41) is 5.08. The zero-order valence-corrected chi connectivity index (χ0v) is 14.4. The van der Waals surface area contributed by atoms with Crippen molar-refractivity contribution in [2.24, 2.45) is 18.7 Å². The number of rotatable bonds is 3.